The van der Waals surface area contributed by atoms with Crippen LogP contribution in [0.15, 0.2) is 40.4 Å². The van der Waals surface area contributed by atoms with Crippen LogP contribution in [0.3, 0.4) is 0 Å². The number of rotatable bonds is 10. The number of amides is 1. The second-order valence-corrected chi connectivity index (χ2v) is 8.70. The number of nitrogens with zero attached hydrogens (tertiary/aromatic N) is 3. The molecule has 1 aromatic carbocycles. The first-order valence-corrected chi connectivity index (χ1v) is 11.3. The molecule has 8 heteroatoms. The number of anilines is 1. The van der Waals surface area contributed by atoms with E-state index in [2.05, 4.69) is 28.5 Å². The van der Waals surface area contributed by atoms with Crippen molar-refractivity contribution in [2.75, 3.05) is 24.7 Å². The van der Waals surface area contributed by atoms with Gasteiger partial charge in [0.05, 0.1) is 12.9 Å². The van der Waals surface area contributed by atoms with Crippen LogP contribution in [0.4, 0.5) is 5.13 Å². The standard InChI is InChI=1S/C20H26N4O2S2/c1-3-12-24(16-6-4-5-7-16)18(25)14-27-20-23-22-19(28-20)21-13-15-8-10-17(26-2)11-9-15/h6,8-11H,3-5,7,12-14H2,1-2H3,(H,21,22). The molecule has 0 atom stereocenters. The van der Waals surface area contributed by atoms with Gasteiger partial charge >= 0.3 is 0 Å². The summed E-state index contributed by atoms with van der Waals surface area (Å²) >= 11 is 2.94. The smallest absolute Gasteiger partial charge is 0.237 e. The Labute approximate surface area is 174 Å². The number of ether oxygens (including phenoxy) is 1. The van der Waals surface area contributed by atoms with Gasteiger partial charge < -0.3 is 15.0 Å². The first-order valence-electron chi connectivity index (χ1n) is 9.52. The molecule has 1 aliphatic carbocycles. The van der Waals surface area contributed by atoms with E-state index in [0.29, 0.717) is 12.3 Å². The Morgan fingerprint density at radius 2 is 2.14 bits per heavy atom. The monoisotopic (exact) mass is 418 g/mol. The van der Waals surface area contributed by atoms with Crippen LogP contribution in [0.25, 0.3) is 0 Å². The molecule has 2 aromatic rings. The van der Waals surface area contributed by atoms with Crippen LogP contribution in [0.5, 0.6) is 5.75 Å². The lowest BCUT2D eigenvalue weighted by molar-refractivity contribution is -0.126. The van der Waals surface area contributed by atoms with E-state index in [0.717, 1.165) is 53.0 Å². The van der Waals surface area contributed by atoms with E-state index in [1.807, 2.05) is 29.2 Å². The first-order chi connectivity index (χ1) is 13.7. The predicted molar refractivity (Wildman–Crippen MR) is 115 cm³/mol. The number of methoxy groups -OCH3 is 1. The molecule has 1 aromatic heterocycles. The summed E-state index contributed by atoms with van der Waals surface area (Å²) in [5, 5.41) is 12.4. The molecule has 1 amide bonds. The summed E-state index contributed by atoms with van der Waals surface area (Å²) in [5.74, 6) is 1.39. The van der Waals surface area contributed by atoms with E-state index in [-0.39, 0.29) is 5.91 Å². The van der Waals surface area contributed by atoms with Gasteiger partial charge in [-0.05, 0) is 43.4 Å². The van der Waals surface area contributed by atoms with Crippen LogP contribution in [0.1, 0.15) is 38.2 Å². The van der Waals surface area contributed by atoms with Gasteiger partial charge in [0.15, 0.2) is 4.34 Å². The van der Waals surface area contributed by atoms with Crippen LogP contribution in [0, 0.1) is 0 Å². The third-order valence-electron chi connectivity index (χ3n) is 4.44. The molecule has 0 saturated heterocycles. The molecule has 0 bridgehead atoms. The fourth-order valence-electron chi connectivity index (χ4n) is 3.01. The van der Waals surface area contributed by atoms with Crippen molar-refractivity contribution in [3.63, 3.8) is 0 Å². The van der Waals surface area contributed by atoms with Crippen molar-refractivity contribution in [3.8, 4) is 5.75 Å². The molecular weight excluding hydrogens is 392 g/mol. The third-order valence-corrected chi connectivity index (χ3v) is 6.44. The molecule has 0 spiro atoms. The number of carbonyl (C=O) groups excluding carboxylic acids is 1. The highest BCUT2D eigenvalue weighted by atomic mass is 32.2. The molecule has 1 aliphatic rings. The topological polar surface area (TPSA) is 67.4 Å². The minimum atomic E-state index is 0.156. The van der Waals surface area contributed by atoms with Crippen LogP contribution < -0.4 is 10.1 Å². The molecular formula is C20H26N4O2S2. The lowest BCUT2D eigenvalue weighted by atomic mass is 10.2. The van der Waals surface area contributed by atoms with E-state index in [1.165, 1.54) is 28.8 Å². The van der Waals surface area contributed by atoms with Crippen molar-refractivity contribution in [2.45, 2.75) is 43.5 Å². The lowest BCUT2D eigenvalue weighted by Crippen LogP contribution is -2.32. The predicted octanol–water partition coefficient (Wildman–Crippen LogP) is 4.56. The number of hydrogen-bond acceptors (Lipinski definition) is 7. The number of benzene rings is 1. The summed E-state index contributed by atoms with van der Waals surface area (Å²) in [7, 11) is 1.66. The maximum absolute atomic E-state index is 12.7. The number of allylic oxidation sites excluding steroid dienone is 2. The van der Waals surface area contributed by atoms with E-state index < -0.39 is 0 Å². The van der Waals surface area contributed by atoms with Crippen molar-refractivity contribution in [1.29, 1.82) is 0 Å². The zero-order valence-electron chi connectivity index (χ0n) is 16.3. The summed E-state index contributed by atoms with van der Waals surface area (Å²) in [6.07, 6.45) is 6.40. The molecule has 6 nitrogen and oxygen atoms in total. The number of thioether (sulfide) groups is 1. The molecule has 0 fully saturated rings. The Kier molecular flexibility index (Phi) is 7.73. The average molecular weight is 419 g/mol. The average Bonchev–Trinajstić information content (AvgIpc) is 3.41. The van der Waals surface area contributed by atoms with E-state index >= 15 is 0 Å². The fraction of sp³-hybridized carbons (Fsp3) is 0.450. The fourth-order valence-corrected chi connectivity index (χ4v) is 4.64. The highest BCUT2D eigenvalue weighted by Gasteiger charge is 2.20. The first kappa shape index (κ1) is 20.7. The minimum Gasteiger partial charge on any atom is -0.497 e. The lowest BCUT2D eigenvalue weighted by Gasteiger charge is -2.23. The maximum Gasteiger partial charge on any atom is 0.237 e. The van der Waals surface area contributed by atoms with Crippen LogP contribution in [-0.2, 0) is 11.3 Å². The minimum absolute atomic E-state index is 0.156. The second kappa shape index (κ2) is 10.5. The Balaban J connectivity index is 1.48. The van der Waals surface area contributed by atoms with Crippen molar-refractivity contribution in [3.05, 3.63) is 41.6 Å². The highest BCUT2D eigenvalue weighted by Crippen LogP contribution is 2.28. The second-order valence-electron chi connectivity index (χ2n) is 6.50. The van der Waals surface area contributed by atoms with Gasteiger partial charge in [0.1, 0.15) is 5.75 Å². The van der Waals surface area contributed by atoms with Gasteiger partial charge in [0.2, 0.25) is 11.0 Å². The third kappa shape index (κ3) is 5.72. The van der Waals surface area contributed by atoms with Gasteiger partial charge in [-0.25, -0.2) is 0 Å². The van der Waals surface area contributed by atoms with Crippen molar-refractivity contribution >= 4 is 34.1 Å². The molecule has 28 heavy (non-hydrogen) atoms. The van der Waals surface area contributed by atoms with E-state index in [4.69, 9.17) is 4.74 Å². The van der Waals surface area contributed by atoms with Gasteiger partial charge in [0.25, 0.3) is 0 Å². The number of aromatic nitrogens is 2. The number of hydrogen-bond donors (Lipinski definition) is 1. The molecule has 1 heterocycles. The Morgan fingerprint density at radius 1 is 1.32 bits per heavy atom. The summed E-state index contributed by atoms with van der Waals surface area (Å²) in [4.78, 5) is 14.6. The molecule has 3 rings (SSSR count). The number of carbonyl (C=O) groups is 1. The number of nitrogens with one attached hydrogen (secondary N) is 1. The van der Waals surface area contributed by atoms with Crippen LogP contribution >= 0.6 is 23.1 Å². The van der Waals surface area contributed by atoms with E-state index in [1.54, 1.807) is 7.11 Å². The van der Waals surface area contributed by atoms with E-state index in [9.17, 15) is 4.79 Å². The summed E-state index contributed by atoms with van der Waals surface area (Å²) in [5.41, 5.74) is 2.33. The molecule has 150 valence electrons. The quantitative estimate of drug-likeness (QED) is 0.571. The SMILES string of the molecule is CCCN(C(=O)CSc1nnc(NCc2ccc(OC)cc2)s1)C1=CCCC1. The van der Waals surface area contributed by atoms with Gasteiger partial charge in [-0.15, -0.1) is 10.2 Å². The normalized spacial score (nSPS) is 13.3. The van der Waals surface area contributed by atoms with Gasteiger partial charge in [0, 0.05) is 18.8 Å². The van der Waals surface area contributed by atoms with Crippen molar-refractivity contribution < 1.29 is 9.53 Å². The van der Waals surface area contributed by atoms with Gasteiger partial charge in [-0.2, -0.15) is 0 Å². The largest absolute Gasteiger partial charge is 0.497 e. The summed E-state index contributed by atoms with van der Waals surface area (Å²) in [6.45, 7) is 3.56. The van der Waals surface area contributed by atoms with Gasteiger partial charge in [-0.3, -0.25) is 4.79 Å². The summed E-state index contributed by atoms with van der Waals surface area (Å²) < 4.78 is 5.98. The zero-order chi connectivity index (χ0) is 19.8. The summed E-state index contributed by atoms with van der Waals surface area (Å²) in [6, 6.07) is 7.90. The Morgan fingerprint density at radius 3 is 2.82 bits per heavy atom. The molecule has 1 N–H and O–H groups in total. The molecule has 0 unspecified atom stereocenters. The van der Waals surface area contributed by atoms with Gasteiger partial charge in [-0.1, -0.05) is 48.2 Å². The Hall–Kier alpha value is -2.06. The van der Waals surface area contributed by atoms with Crippen LogP contribution in [0.2, 0.25) is 0 Å². The van der Waals surface area contributed by atoms with Crippen LogP contribution in [-0.4, -0.2) is 40.4 Å². The highest BCUT2D eigenvalue weighted by molar-refractivity contribution is 8.01. The Bertz CT molecular complexity index is 805. The van der Waals surface area contributed by atoms with Crippen molar-refractivity contribution in [2.24, 2.45) is 0 Å². The molecule has 0 saturated carbocycles. The maximum atomic E-state index is 12.7. The molecule has 0 radical (unpaired) electrons. The zero-order valence-corrected chi connectivity index (χ0v) is 17.9. The molecule has 0 aliphatic heterocycles. The van der Waals surface area contributed by atoms with Crippen molar-refractivity contribution in [1.82, 2.24) is 15.1 Å².